The molecule has 1 unspecified atom stereocenters. The SMILES string of the molecule is CCOC(=O)C1=C(C)N(c2cccc(C(F)(F)F)c2)C(=O)N(CC#N)C1c1ccc(C#N)cc1. The normalized spacial score (nSPS) is 16.2. The monoisotopic (exact) mass is 468 g/mol. The van der Waals surface area contributed by atoms with Crippen LogP contribution in [0.3, 0.4) is 0 Å². The zero-order valence-electron chi connectivity index (χ0n) is 18.3. The second-order valence-electron chi connectivity index (χ2n) is 7.31. The lowest BCUT2D eigenvalue weighted by Gasteiger charge is -2.42. The van der Waals surface area contributed by atoms with Gasteiger partial charge in [0, 0.05) is 5.70 Å². The van der Waals surface area contributed by atoms with E-state index < -0.39 is 36.3 Å². The smallest absolute Gasteiger partial charge is 0.416 e. The van der Waals surface area contributed by atoms with Crippen molar-refractivity contribution in [3.05, 3.63) is 76.5 Å². The van der Waals surface area contributed by atoms with Crippen LogP contribution < -0.4 is 4.90 Å². The van der Waals surface area contributed by atoms with E-state index in [1.807, 2.05) is 12.1 Å². The second-order valence-corrected chi connectivity index (χ2v) is 7.31. The molecule has 0 aliphatic carbocycles. The van der Waals surface area contributed by atoms with E-state index in [9.17, 15) is 28.0 Å². The Morgan fingerprint density at radius 2 is 1.82 bits per heavy atom. The van der Waals surface area contributed by atoms with Crippen LogP contribution in [0.25, 0.3) is 0 Å². The minimum Gasteiger partial charge on any atom is -0.463 e. The van der Waals surface area contributed by atoms with Gasteiger partial charge in [-0.15, -0.1) is 0 Å². The maximum atomic E-state index is 13.5. The summed E-state index contributed by atoms with van der Waals surface area (Å²) in [4.78, 5) is 28.6. The van der Waals surface area contributed by atoms with Crippen molar-refractivity contribution in [2.24, 2.45) is 0 Å². The summed E-state index contributed by atoms with van der Waals surface area (Å²) < 4.78 is 45.1. The van der Waals surface area contributed by atoms with Crippen molar-refractivity contribution in [3.8, 4) is 12.1 Å². The predicted molar refractivity (Wildman–Crippen MR) is 115 cm³/mol. The fraction of sp³-hybridized carbons (Fsp3) is 0.250. The minimum atomic E-state index is -4.65. The molecule has 0 radical (unpaired) electrons. The van der Waals surface area contributed by atoms with Crippen molar-refractivity contribution in [1.29, 1.82) is 10.5 Å². The van der Waals surface area contributed by atoms with E-state index in [1.54, 1.807) is 19.1 Å². The number of hydrogen-bond donors (Lipinski definition) is 0. The Morgan fingerprint density at radius 1 is 1.15 bits per heavy atom. The van der Waals surface area contributed by atoms with Gasteiger partial charge in [-0.3, -0.25) is 9.80 Å². The molecule has 0 N–H and O–H groups in total. The number of carbonyl (C=O) groups excluding carboxylic acids is 2. The number of amides is 2. The van der Waals surface area contributed by atoms with Gasteiger partial charge in [0.25, 0.3) is 0 Å². The van der Waals surface area contributed by atoms with Crippen molar-refractivity contribution >= 4 is 17.7 Å². The van der Waals surface area contributed by atoms with E-state index in [0.29, 0.717) is 11.1 Å². The van der Waals surface area contributed by atoms with Crippen LogP contribution in [-0.4, -0.2) is 30.1 Å². The number of allylic oxidation sites excluding steroid dienone is 1. The van der Waals surface area contributed by atoms with Crippen LogP contribution >= 0.6 is 0 Å². The molecular formula is C24H19F3N4O3. The van der Waals surface area contributed by atoms with Gasteiger partial charge in [-0.25, -0.2) is 9.59 Å². The van der Waals surface area contributed by atoms with Gasteiger partial charge >= 0.3 is 18.2 Å². The molecule has 10 heteroatoms. The molecule has 2 aromatic rings. The molecular weight excluding hydrogens is 449 g/mol. The van der Waals surface area contributed by atoms with Gasteiger partial charge in [0.1, 0.15) is 6.54 Å². The highest BCUT2D eigenvalue weighted by molar-refractivity contribution is 6.03. The number of ether oxygens (including phenoxy) is 1. The topological polar surface area (TPSA) is 97.4 Å². The van der Waals surface area contributed by atoms with Crippen molar-refractivity contribution < 1.29 is 27.5 Å². The summed E-state index contributed by atoms with van der Waals surface area (Å²) in [6.07, 6.45) is -4.65. The Morgan fingerprint density at radius 3 is 2.38 bits per heavy atom. The van der Waals surface area contributed by atoms with E-state index >= 15 is 0 Å². The lowest BCUT2D eigenvalue weighted by atomic mass is 9.92. The van der Waals surface area contributed by atoms with Crippen molar-refractivity contribution in [2.45, 2.75) is 26.1 Å². The zero-order valence-corrected chi connectivity index (χ0v) is 18.3. The molecule has 0 saturated carbocycles. The molecule has 1 aliphatic rings. The lowest BCUT2D eigenvalue weighted by molar-refractivity contribution is -0.139. The number of halogens is 3. The average Bonchev–Trinajstić information content (AvgIpc) is 2.80. The molecule has 0 fully saturated rings. The maximum absolute atomic E-state index is 13.5. The molecule has 7 nitrogen and oxygen atoms in total. The summed E-state index contributed by atoms with van der Waals surface area (Å²) in [5.41, 5.74) is -0.217. The molecule has 0 aromatic heterocycles. The van der Waals surface area contributed by atoms with Gasteiger partial charge in [0.05, 0.1) is 47.2 Å². The first-order chi connectivity index (χ1) is 16.1. The van der Waals surface area contributed by atoms with Crippen LogP contribution in [0.4, 0.5) is 23.7 Å². The first-order valence-corrected chi connectivity index (χ1v) is 10.2. The third-order valence-corrected chi connectivity index (χ3v) is 5.27. The number of hydrogen-bond acceptors (Lipinski definition) is 5. The highest BCUT2D eigenvalue weighted by Crippen LogP contribution is 2.41. The number of nitrogens with zero attached hydrogens (tertiary/aromatic N) is 4. The van der Waals surface area contributed by atoms with E-state index in [-0.39, 0.29) is 23.6 Å². The number of urea groups is 1. The Balaban J connectivity index is 2.26. The summed E-state index contributed by atoms with van der Waals surface area (Å²) in [7, 11) is 0. The van der Waals surface area contributed by atoms with E-state index in [2.05, 4.69) is 0 Å². The van der Waals surface area contributed by atoms with Gasteiger partial charge in [-0.05, 0) is 49.7 Å². The standard InChI is InChI=1S/C24H19F3N4O3/c1-3-34-22(32)20-15(2)31(19-6-4-5-18(13-19)24(25,26)27)23(33)30(12-11-28)21(20)17-9-7-16(14-29)8-10-17/h4-10,13,21H,3,12H2,1-2H3. The highest BCUT2D eigenvalue weighted by atomic mass is 19.4. The maximum Gasteiger partial charge on any atom is 0.416 e. The van der Waals surface area contributed by atoms with E-state index in [4.69, 9.17) is 10.00 Å². The fourth-order valence-corrected chi connectivity index (χ4v) is 3.77. The second kappa shape index (κ2) is 9.67. The predicted octanol–water partition coefficient (Wildman–Crippen LogP) is 4.92. The van der Waals surface area contributed by atoms with Crippen LogP contribution in [0.15, 0.2) is 59.8 Å². The number of nitriles is 2. The minimum absolute atomic E-state index is 0.00109. The fourth-order valence-electron chi connectivity index (χ4n) is 3.77. The average molecular weight is 468 g/mol. The Bertz CT molecular complexity index is 1220. The Hall–Kier alpha value is -4.31. The Labute approximate surface area is 193 Å². The van der Waals surface area contributed by atoms with Crippen LogP contribution in [0.2, 0.25) is 0 Å². The summed E-state index contributed by atoms with van der Waals surface area (Å²) in [6, 6.07) is 12.3. The molecule has 174 valence electrons. The molecule has 1 atom stereocenters. The summed E-state index contributed by atoms with van der Waals surface area (Å²) >= 11 is 0. The number of alkyl halides is 3. The highest BCUT2D eigenvalue weighted by Gasteiger charge is 2.43. The zero-order chi connectivity index (χ0) is 25.0. The third kappa shape index (κ3) is 4.57. The largest absolute Gasteiger partial charge is 0.463 e. The quantitative estimate of drug-likeness (QED) is 0.458. The van der Waals surface area contributed by atoms with Crippen molar-refractivity contribution in [1.82, 2.24) is 4.90 Å². The summed E-state index contributed by atoms with van der Waals surface area (Å²) in [6.45, 7) is 2.60. The molecule has 2 amide bonds. The number of rotatable bonds is 5. The van der Waals surface area contributed by atoms with E-state index in [0.717, 1.165) is 28.0 Å². The first kappa shape index (κ1) is 24.3. The van der Waals surface area contributed by atoms with Crippen molar-refractivity contribution in [3.63, 3.8) is 0 Å². The number of esters is 1. The van der Waals surface area contributed by atoms with Gasteiger partial charge in [0.15, 0.2) is 0 Å². The molecule has 1 heterocycles. The summed E-state index contributed by atoms with van der Waals surface area (Å²) in [5.74, 6) is -0.776. The molecule has 2 aromatic carbocycles. The van der Waals surface area contributed by atoms with Crippen LogP contribution in [0, 0.1) is 22.7 Å². The Kier molecular flexibility index (Phi) is 6.92. The summed E-state index contributed by atoms with van der Waals surface area (Å²) in [5, 5.41) is 18.5. The molecule has 0 bridgehead atoms. The van der Waals surface area contributed by atoms with Gasteiger partial charge < -0.3 is 4.74 Å². The first-order valence-electron chi connectivity index (χ1n) is 10.2. The molecule has 3 rings (SSSR count). The molecule has 1 aliphatic heterocycles. The van der Waals surface area contributed by atoms with Gasteiger partial charge in [-0.1, -0.05) is 18.2 Å². The van der Waals surface area contributed by atoms with Gasteiger partial charge in [-0.2, -0.15) is 23.7 Å². The van der Waals surface area contributed by atoms with E-state index in [1.165, 1.54) is 25.1 Å². The van der Waals surface area contributed by atoms with Crippen LogP contribution in [-0.2, 0) is 15.7 Å². The van der Waals surface area contributed by atoms with Gasteiger partial charge in [0.2, 0.25) is 0 Å². The third-order valence-electron chi connectivity index (χ3n) is 5.27. The number of carbonyl (C=O) groups is 2. The van der Waals surface area contributed by atoms with Crippen LogP contribution in [0.1, 0.15) is 36.6 Å². The number of benzene rings is 2. The molecule has 0 spiro atoms. The molecule has 34 heavy (non-hydrogen) atoms. The van der Waals surface area contributed by atoms with Crippen LogP contribution in [0.5, 0.6) is 0 Å². The lowest BCUT2D eigenvalue weighted by Crippen LogP contribution is -2.51. The number of anilines is 1. The van der Waals surface area contributed by atoms with Crippen molar-refractivity contribution in [2.75, 3.05) is 18.1 Å². The molecule has 0 saturated heterocycles.